The van der Waals surface area contributed by atoms with Crippen LogP contribution in [0.2, 0.25) is 0 Å². The number of benzene rings is 1. The number of thiophene rings is 1. The van der Waals surface area contributed by atoms with Crippen molar-refractivity contribution in [2.75, 3.05) is 7.11 Å². The van der Waals surface area contributed by atoms with Crippen LogP contribution >= 0.6 is 11.3 Å². The van der Waals surface area contributed by atoms with Crippen molar-refractivity contribution < 1.29 is 4.74 Å². The number of hydrogen-bond donors (Lipinski definition) is 0. The van der Waals surface area contributed by atoms with Gasteiger partial charge in [0.1, 0.15) is 11.4 Å². The van der Waals surface area contributed by atoms with E-state index in [0.29, 0.717) is 0 Å². The van der Waals surface area contributed by atoms with E-state index in [2.05, 4.69) is 22.5 Å². The molecule has 17 heavy (non-hydrogen) atoms. The number of ether oxygens (including phenoxy) is 1. The Morgan fingerprint density at radius 3 is 2.88 bits per heavy atom. The Labute approximate surface area is 106 Å². The molecule has 3 heteroatoms. The van der Waals surface area contributed by atoms with Crippen molar-refractivity contribution in [3.63, 3.8) is 0 Å². The van der Waals surface area contributed by atoms with E-state index in [4.69, 9.17) is 4.74 Å². The standard InChI is InChI=1S/C14H15NOS/c1-11-5-3-7-13(16-2)14(11)15-9-8-12-6-4-10-17-12/h3-7,9-10H,8H2,1-2H3. The van der Waals surface area contributed by atoms with Crippen LogP contribution in [0.15, 0.2) is 40.7 Å². The summed E-state index contributed by atoms with van der Waals surface area (Å²) in [6.45, 7) is 2.04. The quantitative estimate of drug-likeness (QED) is 0.746. The van der Waals surface area contributed by atoms with E-state index in [9.17, 15) is 0 Å². The van der Waals surface area contributed by atoms with Crippen molar-refractivity contribution in [1.29, 1.82) is 0 Å². The molecule has 0 atom stereocenters. The van der Waals surface area contributed by atoms with E-state index in [0.717, 1.165) is 23.4 Å². The minimum Gasteiger partial charge on any atom is -0.494 e. The van der Waals surface area contributed by atoms with Crippen LogP contribution in [-0.2, 0) is 6.42 Å². The summed E-state index contributed by atoms with van der Waals surface area (Å²) in [7, 11) is 1.67. The molecule has 1 aromatic carbocycles. The van der Waals surface area contributed by atoms with Crippen LogP contribution in [0.5, 0.6) is 5.75 Å². The molecule has 0 aliphatic carbocycles. The first-order valence-corrected chi connectivity index (χ1v) is 6.37. The number of aliphatic imine (C=N–C) groups is 1. The summed E-state index contributed by atoms with van der Waals surface area (Å²) in [5, 5.41) is 2.08. The van der Waals surface area contributed by atoms with Crippen molar-refractivity contribution in [2.24, 2.45) is 4.99 Å². The molecule has 0 radical (unpaired) electrons. The molecule has 0 amide bonds. The Morgan fingerprint density at radius 1 is 1.29 bits per heavy atom. The highest BCUT2D eigenvalue weighted by atomic mass is 32.1. The summed E-state index contributed by atoms with van der Waals surface area (Å²) in [5.74, 6) is 0.826. The van der Waals surface area contributed by atoms with Gasteiger partial charge in [-0.15, -0.1) is 11.3 Å². The first kappa shape index (κ1) is 11.9. The van der Waals surface area contributed by atoms with E-state index in [-0.39, 0.29) is 0 Å². The topological polar surface area (TPSA) is 21.6 Å². The van der Waals surface area contributed by atoms with Gasteiger partial charge in [-0.2, -0.15) is 0 Å². The minimum absolute atomic E-state index is 0.826. The van der Waals surface area contributed by atoms with Gasteiger partial charge in [-0.05, 0) is 30.0 Å². The van der Waals surface area contributed by atoms with Gasteiger partial charge in [0.25, 0.3) is 0 Å². The fraction of sp³-hybridized carbons (Fsp3) is 0.214. The molecule has 2 nitrogen and oxygen atoms in total. The molecule has 0 fully saturated rings. The largest absolute Gasteiger partial charge is 0.494 e. The van der Waals surface area contributed by atoms with Gasteiger partial charge < -0.3 is 4.74 Å². The van der Waals surface area contributed by atoms with E-state index < -0.39 is 0 Å². The first-order valence-electron chi connectivity index (χ1n) is 5.50. The van der Waals surface area contributed by atoms with Crippen LogP contribution in [0.3, 0.4) is 0 Å². The second-order valence-corrected chi connectivity index (χ2v) is 4.75. The van der Waals surface area contributed by atoms with Gasteiger partial charge in [-0.1, -0.05) is 18.2 Å². The molecule has 0 aliphatic heterocycles. The van der Waals surface area contributed by atoms with Crippen LogP contribution in [0.4, 0.5) is 5.69 Å². The Balaban J connectivity index is 2.15. The van der Waals surface area contributed by atoms with Gasteiger partial charge in [0.15, 0.2) is 0 Å². The zero-order valence-corrected chi connectivity index (χ0v) is 10.8. The Hall–Kier alpha value is -1.61. The fourth-order valence-electron chi connectivity index (χ4n) is 1.62. The SMILES string of the molecule is COc1cccc(C)c1N=CCc1cccs1. The molecule has 0 saturated heterocycles. The maximum Gasteiger partial charge on any atom is 0.144 e. The molecule has 88 valence electrons. The summed E-state index contributed by atoms with van der Waals surface area (Å²) in [5.41, 5.74) is 2.05. The number of rotatable bonds is 4. The number of methoxy groups -OCH3 is 1. The van der Waals surface area contributed by atoms with Crippen molar-refractivity contribution in [1.82, 2.24) is 0 Å². The van der Waals surface area contributed by atoms with E-state index in [1.165, 1.54) is 4.88 Å². The Bertz CT molecular complexity index is 503. The Morgan fingerprint density at radius 2 is 2.18 bits per heavy atom. The average Bonchev–Trinajstić information content (AvgIpc) is 2.84. The lowest BCUT2D eigenvalue weighted by Crippen LogP contribution is -1.87. The highest BCUT2D eigenvalue weighted by Crippen LogP contribution is 2.30. The number of aryl methyl sites for hydroxylation is 1. The third kappa shape index (κ3) is 2.94. The number of hydrogen-bond acceptors (Lipinski definition) is 3. The zero-order chi connectivity index (χ0) is 12.1. The van der Waals surface area contributed by atoms with Gasteiger partial charge in [-0.3, -0.25) is 4.99 Å². The van der Waals surface area contributed by atoms with Crippen LogP contribution in [0.25, 0.3) is 0 Å². The molecule has 0 saturated carbocycles. The number of nitrogens with zero attached hydrogens (tertiary/aromatic N) is 1. The third-order valence-corrected chi connectivity index (χ3v) is 3.41. The van der Waals surface area contributed by atoms with Crippen LogP contribution in [-0.4, -0.2) is 13.3 Å². The molecule has 0 N–H and O–H groups in total. The second kappa shape index (κ2) is 5.64. The molecule has 2 aromatic rings. The molecule has 1 aromatic heterocycles. The molecule has 0 spiro atoms. The molecule has 1 heterocycles. The van der Waals surface area contributed by atoms with Crippen molar-refractivity contribution in [2.45, 2.75) is 13.3 Å². The summed E-state index contributed by atoms with van der Waals surface area (Å²) in [6.07, 6.45) is 2.81. The predicted octanol–water partition coefficient (Wildman–Crippen LogP) is 4.01. The zero-order valence-electron chi connectivity index (χ0n) is 10.0. The number of para-hydroxylation sites is 1. The molecule has 0 unspecified atom stereocenters. The molecule has 2 rings (SSSR count). The maximum atomic E-state index is 5.30. The smallest absolute Gasteiger partial charge is 0.144 e. The van der Waals surface area contributed by atoms with Gasteiger partial charge in [0, 0.05) is 17.5 Å². The van der Waals surface area contributed by atoms with E-state index in [1.807, 2.05) is 31.3 Å². The molecule has 0 aliphatic rings. The van der Waals surface area contributed by atoms with Crippen molar-refractivity contribution in [3.05, 3.63) is 46.2 Å². The van der Waals surface area contributed by atoms with Gasteiger partial charge in [0.2, 0.25) is 0 Å². The summed E-state index contributed by atoms with van der Waals surface area (Å²) < 4.78 is 5.30. The monoisotopic (exact) mass is 245 g/mol. The summed E-state index contributed by atoms with van der Waals surface area (Å²) in [4.78, 5) is 5.83. The van der Waals surface area contributed by atoms with Crippen LogP contribution in [0, 0.1) is 6.92 Å². The minimum atomic E-state index is 0.826. The van der Waals surface area contributed by atoms with Gasteiger partial charge in [-0.25, -0.2) is 0 Å². The molecular formula is C14H15NOS. The lowest BCUT2D eigenvalue weighted by atomic mass is 10.2. The average molecular weight is 245 g/mol. The van der Waals surface area contributed by atoms with Crippen LogP contribution in [0.1, 0.15) is 10.4 Å². The highest BCUT2D eigenvalue weighted by molar-refractivity contribution is 7.10. The van der Waals surface area contributed by atoms with E-state index in [1.54, 1.807) is 18.4 Å². The lowest BCUT2D eigenvalue weighted by molar-refractivity contribution is 0.416. The predicted molar refractivity (Wildman–Crippen MR) is 73.9 cm³/mol. The lowest BCUT2D eigenvalue weighted by Gasteiger charge is -2.06. The summed E-state index contributed by atoms with van der Waals surface area (Å²) in [6, 6.07) is 10.1. The molecular weight excluding hydrogens is 230 g/mol. The normalized spacial score (nSPS) is 10.9. The van der Waals surface area contributed by atoms with Crippen LogP contribution < -0.4 is 4.74 Å². The first-order chi connectivity index (χ1) is 8.31. The van der Waals surface area contributed by atoms with Crippen molar-refractivity contribution in [3.8, 4) is 5.75 Å². The summed E-state index contributed by atoms with van der Waals surface area (Å²) >= 11 is 1.75. The van der Waals surface area contributed by atoms with Crippen molar-refractivity contribution >= 4 is 23.2 Å². The maximum absolute atomic E-state index is 5.30. The van der Waals surface area contributed by atoms with Gasteiger partial charge in [0.05, 0.1) is 7.11 Å². The van der Waals surface area contributed by atoms with Gasteiger partial charge >= 0.3 is 0 Å². The fourth-order valence-corrected chi connectivity index (χ4v) is 2.28. The third-order valence-electron chi connectivity index (χ3n) is 2.51. The van der Waals surface area contributed by atoms with E-state index >= 15 is 0 Å². The Kier molecular flexibility index (Phi) is 3.94. The second-order valence-electron chi connectivity index (χ2n) is 3.72. The molecule has 0 bridgehead atoms. The highest BCUT2D eigenvalue weighted by Gasteiger charge is 2.02.